The van der Waals surface area contributed by atoms with E-state index in [0.717, 1.165) is 163 Å². The lowest BCUT2D eigenvalue weighted by Crippen LogP contribution is -2.49. The van der Waals surface area contributed by atoms with Gasteiger partial charge in [-0.1, -0.05) is 180 Å². The molecular formula is C70H92N6O11. The van der Waals surface area contributed by atoms with Crippen molar-refractivity contribution < 1.29 is 53.7 Å². The molecule has 5 aromatic carbocycles. The van der Waals surface area contributed by atoms with Crippen LogP contribution in [0.15, 0.2) is 48.7 Å². The maximum Gasteiger partial charge on any atom is 0.303 e. The first-order valence-corrected chi connectivity index (χ1v) is 32.9. The molecule has 0 saturated heterocycles. The van der Waals surface area contributed by atoms with Gasteiger partial charge in [-0.15, -0.1) is 5.10 Å². The molecule has 1 aromatic heterocycles. The van der Waals surface area contributed by atoms with Crippen LogP contribution in [0.3, 0.4) is 0 Å². The summed E-state index contributed by atoms with van der Waals surface area (Å²) in [5.74, 6) is -5.29. The van der Waals surface area contributed by atoms with E-state index in [1.165, 1.54) is 4.90 Å². The van der Waals surface area contributed by atoms with Gasteiger partial charge >= 0.3 is 17.9 Å². The second kappa shape index (κ2) is 31.1. The summed E-state index contributed by atoms with van der Waals surface area (Å²) in [5, 5.41) is 46.2. The largest absolute Gasteiger partial charge is 0.481 e. The van der Waals surface area contributed by atoms with Crippen molar-refractivity contribution in [3.05, 3.63) is 70.9 Å². The second-order valence-electron chi connectivity index (χ2n) is 24.9. The average Bonchev–Trinajstić information content (AvgIpc) is 0.855. The van der Waals surface area contributed by atoms with E-state index < -0.39 is 48.6 Å². The molecule has 2 aliphatic heterocycles. The molecule has 0 radical (unpaired) electrons. The third-order valence-electron chi connectivity index (χ3n) is 18.6. The predicted molar refractivity (Wildman–Crippen MR) is 339 cm³/mol. The number of carboxylic acid groups (broad SMARTS) is 3. The Hall–Kier alpha value is -7.30. The minimum Gasteiger partial charge on any atom is -0.481 e. The Labute approximate surface area is 511 Å². The van der Waals surface area contributed by atoms with E-state index in [9.17, 15) is 34.5 Å². The van der Waals surface area contributed by atoms with Crippen LogP contribution in [0, 0.1) is 0 Å². The Morgan fingerprint density at radius 1 is 0.448 bits per heavy atom. The Balaban J connectivity index is 1.22. The van der Waals surface area contributed by atoms with Crippen molar-refractivity contribution in [1.29, 1.82) is 0 Å². The number of benzene rings is 5. The summed E-state index contributed by atoms with van der Waals surface area (Å²) >= 11 is 0. The SMILES string of the molecule is CCCCCCCC(CCCCCCC)N1C(=O)c2ccc3c4ccc5c6c(cc(-c7cn(CCCC(=O)NC(CCC(=O)O)(CCC(=O)O)CCC(=O)O)nn7)c(c7ccc(c2c37)C1=O)c64)C(=O)N(C(CCCCCCC)CCCCCCC)C5=O. The number of nitrogens with one attached hydrogen (secondary N) is 1. The minimum atomic E-state index is -1.38. The van der Waals surface area contributed by atoms with E-state index in [1.807, 2.05) is 42.5 Å². The van der Waals surface area contributed by atoms with Crippen LogP contribution in [0.1, 0.15) is 275 Å². The van der Waals surface area contributed by atoms with Crippen LogP contribution < -0.4 is 5.32 Å². The van der Waals surface area contributed by atoms with Gasteiger partial charge in [0.15, 0.2) is 0 Å². The Bertz CT molecular complexity index is 3340. The Kier molecular flexibility index (Phi) is 23.4. The maximum absolute atomic E-state index is 15.6. The summed E-state index contributed by atoms with van der Waals surface area (Å²) in [6, 6.07) is 12.7. The fourth-order valence-corrected chi connectivity index (χ4v) is 13.9. The Morgan fingerprint density at radius 2 is 0.839 bits per heavy atom. The Morgan fingerprint density at radius 3 is 1.26 bits per heavy atom. The predicted octanol–water partition coefficient (Wildman–Crippen LogP) is 15.6. The van der Waals surface area contributed by atoms with E-state index in [1.54, 1.807) is 15.8 Å². The van der Waals surface area contributed by atoms with Crippen LogP contribution in [0.4, 0.5) is 0 Å². The van der Waals surface area contributed by atoms with Crippen LogP contribution >= 0.6 is 0 Å². The number of hydrogen-bond donors (Lipinski definition) is 4. The zero-order valence-corrected chi connectivity index (χ0v) is 52.0. The maximum atomic E-state index is 15.6. The number of carbonyl (C=O) groups is 8. The van der Waals surface area contributed by atoms with Crippen LogP contribution in [-0.2, 0) is 25.7 Å². The highest BCUT2D eigenvalue weighted by atomic mass is 16.4. The molecule has 5 amide bonds. The first kappa shape index (κ1) is 65.7. The fourth-order valence-electron chi connectivity index (χ4n) is 13.9. The molecular weight excluding hydrogens is 1100 g/mol. The molecule has 87 heavy (non-hydrogen) atoms. The third kappa shape index (κ3) is 15.3. The van der Waals surface area contributed by atoms with Crippen molar-refractivity contribution in [3.63, 3.8) is 0 Å². The number of rotatable bonds is 41. The van der Waals surface area contributed by atoms with Crippen molar-refractivity contribution in [2.24, 2.45) is 0 Å². The average molecular weight is 1190 g/mol. The van der Waals surface area contributed by atoms with Gasteiger partial charge in [0, 0.05) is 93.8 Å². The van der Waals surface area contributed by atoms with Gasteiger partial charge in [-0.05, 0) is 103 Å². The highest BCUT2D eigenvalue weighted by molar-refractivity contribution is 6.43. The fraction of sp³-hybridized carbons (Fsp3) is 0.571. The molecule has 0 unspecified atom stereocenters. The summed E-state index contributed by atoms with van der Waals surface area (Å²) in [6.45, 7) is 8.92. The number of carbonyl (C=O) groups excluding carboxylic acids is 5. The molecule has 17 heteroatoms. The van der Waals surface area contributed by atoms with Gasteiger partial charge in [-0.25, -0.2) is 0 Å². The second-order valence-corrected chi connectivity index (χ2v) is 24.9. The van der Waals surface area contributed by atoms with E-state index in [4.69, 9.17) is 5.10 Å². The quantitative estimate of drug-likeness (QED) is 0.0121. The molecule has 0 fully saturated rings. The van der Waals surface area contributed by atoms with Gasteiger partial charge in [0.1, 0.15) is 5.69 Å². The molecule has 4 N–H and O–H groups in total. The number of nitrogens with zero attached hydrogens (tertiary/aromatic N) is 5. The van der Waals surface area contributed by atoms with Crippen LogP contribution in [0.5, 0.6) is 0 Å². The topological polar surface area (TPSA) is 246 Å². The third-order valence-corrected chi connectivity index (χ3v) is 18.6. The minimum absolute atomic E-state index is 0.0879. The van der Waals surface area contributed by atoms with Crippen LogP contribution in [0.2, 0.25) is 0 Å². The van der Waals surface area contributed by atoms with Gasteiger partial charge in [0.05, 0.1) is 6.20 Å². The smallest absolute Gasteiger partial charge is 0.303 e. The number of carboxylic acids is 3. The summed E-state index contributed by atoms with van der Waals surface area (Å²) < 4.78 is 1.58. The van der Waals surface area contributed by atoms with E-state index >= 15 is 19.2 Å². The number of unbranched alkanes of at least 4 members (excludes halogenated alkanes) is 16. The number of aromatic nitrogens is 3. The molecule has 8 rings (SSSR count). The number of amides is 5. The van der Waals surface area contributed by atoms with Crippen LogP contribution in [0.25, 0.3) is 54.3 Å². The molecule has 0 aliphatic carbocycles. The van der Waals surface area contributed by atoms with Gasteiger partial charge in [-0.2, -0.15) is 0 Å². The molecule has 0 atom stereocenters. The number of aryl methyl sites for hydroxylation is 1. The standard InChI is InChI=1S/C70H92N6O11/c1-5-9-13-17-21-26-46(27-22-18-14-10-6-2)75-66(84)51-34-31-48-49-32-35-53-64-55(69(87)76(68(53)86)47(28-23-19-15-11-7-3)29-24-20-16-12-8-4)44-54(62(65(49)64)50-33-36-52(67(75)85)63(51)61(48)50)56-45-74(73-72-56)43-25-30-57(77)71-70(40-37-58(78)79,41-38-59(80)81)42-39-60(82)83/h31-36,44-47H,5-30,37-43H2,1-4H3,(H,71,77)(H,78,79)(H,80,81)(H,82,83). The van der Waals surface area contributed by atoms with Gasteiger partial charge in [0.2, 0.25) is 5.91 Å². The number of fused-ring (bicyclic) bond motifs is 2. The molecule has 468 valence electrons. The zero-order valence-electron chi connectivity index (χ0n) is 52.0. The lowest BCUT2D eigenvalue weighted by molar-refractivity contribution is -0.139. The summed E-state index contributed by atoms with van der Waals surface area (Å²) in [4.78, 5) is 113. The summed E-state index contributed by atoms with van der Waals surface area (Å²) in [5.41, 5.74) is 1.30. The normalized spacial score (nSPS) is 13.5. The van der Waals surface area contributed by atoms with E-state index in [0.29, 0.717) is 67.9 Å². The molecule has 2 aliphatic rings. The van der Waals surface area contributed by atoms with Crippen LogP contribution in [-0.4, -0.2) is 105 Å². The van der Waals surface area contributed by atoms with Gasteiger partial charge in [-0.3, -0.25) is 52.8 Å². The lowest BCUT2D eigenvalue weighted by Gasteiger charge is -2.36. The lowest BCUT2D eigenvalue weighted by atomic mass is 9.79. The monoisotopic (exact) mass is 1190 g/mol. The van der Waals surface area contributed by atoms with Gasteiger partial charge in [0.25, 0.3) is 23.6 Å². The van der Waals surface area contributed by atoms with E-state index in [-0.39, 0.29) is 74.4 Å². The first-order valence-electron chi connectivity index (χ1n) is 32.9. The molecule has 0 spiro atoms. The number of aliphatic carboxylic acids is 3. The van der Waals surface area contributed by atoms with Crippen molar-refractivity contribution in [3.8, 4) is 11.3 Å². The molecule has 0 saturated carbocycles. The summed E-state index contributed by atoms with van der Waals surface area (Å²) in [7, 11) is 0. The number of hydrogen-bond acceptors (Lipinski definition) is 10. The van der Waals surface area contributed by atoms with E-state index in [2.05, 4.69) is 38.2 Å². The van der Waals surface area contributed by atoms with Crippen molar-refractivity contribution in [2.45, 2.75) is 257 Å². The number of imide groups is 2. The molecule has 6 aromatic rings. The zero-order chi connectivity index (χ0) is 62.2. The van der Waals surface area contributed by atoms with Crippen molar-refractivity contribution >= 4 is 90.5 Å². The highest BCUT2D eigenvalue weighted by Gasteiger charge is 2.42. The van der Waals surface area contributed by atoms with Gasteiger partial charge < -0.3 is 20.6 Å². The first-order chi connectivity index (χ1) is 42.1. The molecule has 3 heterocycles. The van der Waals surface area contributed by atoms with Crippen molar-refractivity contribution in [2.75, 3.05) is 0 Å². The molecule has 17 nitrogen and oxygen atoms in total. The summed E-state index contributed by atoms with van der Waals surface area (Å²) in [6.07, 6.45) is 24.2. The van der Waals surface area contributed by atoms with Crippen molar-refractivity contribution in [1.82, 2.24) is 30.1 Å². The molecule has 0 bridgehead atoms. The highest BCUT2D eigenvalue weighted by Crippen LogP contribution is 2.50.